The van der Waals surface area contributed by atoms with Crippen LogP contribution in [0.5, 0.6) is 0 Å². The molecule has 8 heteroatoms. The minimum Gasteiger partial charge on any atom is -0.450 e. The molecular weight excluding hydrogens is 366 g/mol. The highest BCUT2D eigenvalue weighted by Crippen LogP contribution is 2.18. The molecule has 3 rings (SSSR count). The largest absolute Gasteiger partial charge is 0.450 e. The molecule has 0 spiro atoms. The van der Waals surface area contributed by atoms with Crippen LogP contribution in [-0.4, -0.2) is 46.7 Å². The number of anilines is 2. The number of nitrogens with zero attached hydrogens (tertiary/aromatic N) is 3. The first-order chi connectivity index (χ1) is 13.2. The molecule has 7 nitrogen and oxygen atoms in total. The Balaban J connectivity index is 1.51. The Bertz CT molecular complexity index is 765. The molecule has 144 valence electrons. The van der Waals surface area contributed by atoms with Gasteiger partial charge in [0.2, 0.25) is 5.95 Å². The van der Waals surface area contributed by atoms with E-state index in [0.29, 0.717) is 37.2 Å². The van der Waals surface area contributed by atoms with Crippen LogP contribution in [0.25, 0.3) is 0 Å². The highest BCUT2D eigenvalue weighted by molar-refractivity contribution is 6.31. The maximum atomic E-state index is 11.8. The van der Waals surface area contributed by atoms with E-state index in [-0.39, 0.29) is 12.1 Å². The monoisotopic (exact) mass is 389 g/mol. The molecule has 0 saturated carbocycles. The quantitative estimate of drug-likeness (QED) is 0.782. The van der Waals surface area contributed by atoms with E-state index in [4.69, 9.17) is 16.3 Å². The summed E-state index contributed by atoms with van der Waals surface area (Å²) in [6.07, 6.45) is 3.19. The molecule has 0 atom stereocenters. The number of aromatic nitrogens is 2. The standard InChI is InChI=1S/C19H24ClN5O2/c1-2-27-19(26)25-11-8-15(9-12-25)23-17-7-10-21-18(24-17)22-13-14-5-3-4-6-16(14)20/h3-7,10,15H,2,8-9,11-13H2,1H3,(H2,21,22,23,24). The Morgan fingerprint density at radius 3 is 2.81 bits per heavy atom. The first-order valence-corrected chi connectivity index (χ1v) is 9.52. The van der Waals surface area contributed by atoms with E-state index >= 15 is 0 Å². The van der Waals surface area contributed by atoms with Gasteiger partial charge in [-0.15, -0.1) is 0 Å². The molecule has 27 heavy (non-hydrogen) atoms. The van der Waals surface area contributed by atoms with Crippen molar-refractivity contribution in [1.29, 1.82) is 0 Å². The van der Waals surface area contributed by atoms with Crippen molar-refractivity contribution >= 4 is 29.5 Å². The molecule has 0 radical (unpaired) electrons. The predicted molar refractivity (Wildman–Crippen MR) is 106 cm³/mol. The molecule has 1 aromatic carbocycles. The van der Waals surface area contributed by atoms with Crippen LogP contribution in [0.3, 0.4) is 0 Å². The van der Waals surface area contributed by atoms with Gasteiger partial charge in [0.05, 0.1) is 6.61 Å². The van der Waals surface area contributed by atoms with E-state index in [1.54, 1.807) is 11.1 Å². The first-order valence-electron chi connectivity index (χ1n) is 9.14. The number of carbonyl (C=O) groups is 1. The molecule has 2 heterocycles. The summed E-state index contributed by atoms with van der Waals surface area (Å²) in [4.78, 5) is 22.3. The van der Waals surface area contributed by atoms with Gasteiger partial charge in [-0.2, -0.15) is 4.98 Å². The normalized spacial score (nSPS) is 14.7. The van der Waals surface area contributed by atoms with Gasteiger partial charge in [-0.3, -0.25) is 0 Å². The smallest absolute Gasteiger partial charge is 0.409 e. The van der Waals surface area contributed by atoms with Crippen LogP contribution in [0.4, 0.5) is 16.6 Å². The third-order valence-electron chi connectivity index (χ3n) is 4.42. The second-order valence-corrected chi connectivity index (χ2v) is 6.72. The molecule has 0 aliphatic carbocycles. The van der Waals surface area contributed by atoms with Crippen molar-refractivity contribution in [3.8, 4) is 0 Å². The molecule has 2 N–H and O–H groups in total. The molecular formula is C19H24ClN5O2. The number of hydrogen-bond donors (Lipinski definition) is 2. The number of halogens is 1. The highest BCUT2D eigenvalue weighted by Gasteiger charge is 2.23. The van der Waals surface area contributed by atoms with Crippen molar-refractivity contribution in [2.75, 3.05) is 30.3 Å². The summed E-state index contributed by atoms with van der Waals surface area (Å²) in [6, 6.07) is 9.79. The molecule has 1 aliphatic rings. The van der Waals surface area contributed by atoms with Crippen LogP contribution in [-0.2, 0) is 11.3 Å². The van der Waals surface area contributed by atoms with E-state index < -0.39 is 0 Å². The average Bonchev–Trinajstić information content (AvgIpc) is 2.68. The van der Waals surface area contributed by atoms with E-state index in [9.17, 15) is 4.79 Å². The van der Waals surface area contributed by atoms with Crippen molar-refractivity contribution in [2.45, 2.75) is 32.4 Å². The van der Waals surface area contributed by atoms with Crippen LogP contribution >= 0.6 is 11.6 Å². The summed E-state index contributed by atoms with van der Waals surface area (Å²) < 4.78 is 5.05. The maximum absolute atomic E-state index is 11.8. The molecule has 0 bridgehead atoms. The number of ether oxygens (including phenoxy) is 1. The van der Waals surface area contributed by atoms with E-state index in [2.05, 4.69) is 20.6 Å². The lowest BCUT2D eigenvalue weighted by Gasteiger charge is -2.31. The van der Waals surface area contributed by atoms with Gasteiger partial charge in [0.15, 0.2) is 0 Å². The first kappa shape index (κ1) is 19.2. The Morgan fingerprint density at radius 2 is 2.07 bits per heavy atom. The molecule has 0 unspecified atom stereocenters. The van der Waals surface area contributed by atoms with E-state index in [1.807, 2.05) is 37.3 Å². The van der Waals surface area contributed by atoms with Crippen LogP contribution in [0.1, 0.15) is 25.3 Å². The van der Waals surface area contributed by atoms with Gasteiger partial charge in [0, 0.05) is 36.9 Å². The van der Waals surface area contributed by atoms with Gasteiger partial charge in [0.1, 0.15) is 5.82 Å². The number of nitrogens with one attached hydrogen (secondary N) is 2. The Hall–Kier alpha value is -2.54. The van der Waals surface area contributed by atoms with Gasteiger partial charge in [-0.25, -0.2) is 9.78 Å². The fourth-order valence-corrected chi connectivity index (χ4v) is 3.17. The zero-order valence-electron chi connectivity index (χ0n) is 15.3. The molecule has 1 aromatic heterocycles. The summed E-state index contributed by atoms with van der Waals surface area (Å²) in [6.45, 7) is 4.14. The summed E-state index contributed by atoms with van der Waals surface area (Å²) >= 11 is 6.17. The zero-order chi connectivity index (χ0) is 19.1. The van der Waals surface area contributed by atoms with E-state index in [0.717, 1.165) is 24.2 Å². The lowest BCUT2D eigenvalue weighted by molar-refractivity contribution is 0.0983. The molecule has 1 saturated heterocycles. The number of benzene rings is 1. The maximum Gasteiger partial charge on any atom is 0.409 e. The Labute approximate surface area is 164 Å². The second-order valence-electron chi connectivity index (χ2n) is 6.32. The average molecular weight is 390 g/mol. The minimum absolute atomic E-state index is 0.232. The summed E-state index contributed by atoms with van der Waals surface area (Å²) in [7, 11) is 0. The fourth-order valence-electron chi connectivity index (χ4n) is 2.97. The van der Waals surface area contributed by atoms with Crippen LogP contribution in [0.15, 0.2) is 36.5 Å². The number of amides is 1. The topological polar surface area (TPSA) is 79.4 Å². The van der Waals surface area contributed by atoms with E-state index in [1.165, 1.54) is 0 Å². The molecule has 1 amide bonds. The molecule has 1 fully saturated rings. The second kappa shape index (κ2) is 9.41. The van der Waals surface area contributed by atoms with Gasteiger partial charge < -0.3 is 20.3 Å². The van der Waals surface area contributed by atoms with Crippen molar-refractivity contribution in [2.24, 2.45) is 0 Å². The lowest BCUT2D eigenvalue weighted by Crippen LogP contribution is -2.42. The van der Waals surface area contributed by atoms with Crippen LogP contribution < -0.4 is 10.6 Å². The van der Waals surface area contributed by atoms with Crippen molar-refractivity contribution in [1.82, 2.24) is 14.9 Å². The SMILES string of the molecule is CCOC(=O)N1CCC(Nc2ccnc(NCc3ccccc3Cl)n2)CC1. The third kappa shape index (κ3) is 5.47. The number of hydrogen-bond acceptors (Lipinski definition) is 6. The van der Waals surface area contributed by atoms with Gasteiger partial charge in [0.25, 0.3) is 0 Å². The van der Waals surface area contributed by atoms with Crippen molar-refractivity contribution in [3.63, 3.8) is 0 Å². The molecule has 2 aromatic rings. The number of rotatable bonds is 6. The third-order valence-corrected chi connectivity index (χ3v) is 4.79. The van der Waals surface area contributed by atoms with Gasteiger partial charge in [-0.1, -0.05) is 29.8 Å². The minimum atomic E-state index is -0.232. The predicted octanol–water partition coefficient (Wildman–Crippen LogP) is 3.77. The fraction of sp³-hybridized carbons (Fsp3) is 0.421. The van der Waals surface area contributed by atoms with Gasteiger partial charge in [-0.05, 0) is 37.5 Å². The zero-order valence-corrected chi connectivity index (χ0v) is 16.1. The summed E-state index contributed by atoms with van der Waals surface area (Å²) in [5.41, 5.74) is 0.993. The van der Waals surface area contributed by atoms with Crippen LogP contribution in [0, 0.1) is 0 Å². The summed E-state index contributed by atoms with van der Waals surface area (Å²) in [5.74, 6) is 1.31. The highest BCUT2D eigenvalue weighted by atomic mass is 35.5. The van der Waals surface area contributed by atoms with Crippen molar-refractivity contribution in [3.05, 3.63) is 47.1 Å². The van der Waals surface area contributed by atoms with Gasteiger partial charge >= 0.3 is 6.09 Å². The van der Waals surface area contributed by atoms with Crippen LogP contribution in [0.2, 0.25) is 5.02 Å². The Morgan fingerprint density at radius 1 is 1.30 bits per heavy atom. The summed E-state index contributed by atoms with van der Waals surface area (Å²) in [5, 5.41) is 7.34. The number of likely N-dealkylation sites (tertiary alicyclic amines) is 1. The Kier molecular flexibility index (Phi) is 6.70. The van der Waals surface area contributed by atoms with Crippen molar-refractivity contribution < 1.29 is 9.53 Å². The lowest BCUT2D eigenvalue weighted by atomic mass is 10.1. The molecule has 1 aliphatic heterocycles. The number of carbonyl (C=O) groups excluding carboxylic acids is 1. The number of piperidine rings is 1.